The van der Waals surface area contributed by atoms with E-state index in [2.05, 4.69) is 5.32 Å². The molecule has 1 saturated carbocycles. The SMILES string of the molecule is CS(=O)(=O)N(CCCC(=O)N(Cc1ccccc1Cl)[C@H](Cc1ccccc1)C(=O)NC1CCCC1)c1ccc2c(c1)OCCO2. The van der Waals surface area contributed by atoms with Gasteiger partial charge in [-0.3, -0.25) is 13.9 Å². The van der Waals surface area contributed by atoms with Crippen LogP contribution in [0.25, 0.3) is 0 Å². The van der Waals surface area contributed by atoms with Crippen molar-refractivity contribution in [2.24, 2.45) is 0 Å². The lowest BCUT2D eigenvalue weighted by Crippen LogP contribution is -2.52. The molecule has 1 N–H and O–H groups in total. The number of nitrogens with one attached hydrogen (secondary N) is 1. The van der Waals surface area contributed by atoms with Gasteiger partial charge in [-0.15, -0.1) is 0 Å². The van der Waals surface area contributed by atoms with Gasteiger partial charge in [0.25, 0.3) is 0 Å². The number of sulfonamides is 1. The Labute approximate surface area is 270 Å². The monoisotopic (exact) mass is 653 g/mol. The molecule has 0 unspecified atom stereocenters. The first-order valence-electron chi connectivity index (χ1n) is 15.4. The second-order valence-corrected chi connectivity index (χ2v) is 13.9. The van der Waals surface area contributed by atoms with Gasteiger partial charge in [-0.25, -0.2) is 8.42 Å². The molecule has 1 atom stereocenters. The summed E-state index contributed by atoms with van der Waals surface area (Å²) in [5.74, 6) is 0.587. The number of benzene rings is 3. The molecule has 3 aromatic carbocycles. The van der Waals surface area contributed by atoms with Crippen LogP contribution in [0, 0.1) is 0 Å². The van der Waals surface area contributed by atoms with Gasteiger partial charge < -0.3 is 19.7 Å². The summed E-state index contributed by atoms with van der Waals surface area (Å²) >= 11 is 6.54. The highest BCUT2D eigenvalue weighted by Gasteiger charge is 2.32. The summed E-state index contributed by atoms with van der Waals surface area (Å²) in [4.78, 5) is 29.6. The maximum Gasteiger partial charge on any atom is 0.243 e. The number of anilines is 1. The highest BCUT2D eigenvalue weighted by atomic mass is 35.5. The average Bonchev–Trinajstić information content (AvgIpc) is 3.54. The van der Waals surface area contributed by atoms with Crippen molar-refractivity contribution in [2.75, 3.05) is 30.3 Å². The standard InChI is InChI=1S/C34H40ClN3O6S/c1-45(41,42)38(28-17-18-31-32(23-28)44-21-20-43-31)19-9-16-33(39)37(24-26-12-5-8-15-29(26)35)30(22-25-10-3-2-4-11-25)34(40)36-27-13-6-7-14-27/h2-5,8,10-12,15,17-18,23,27,30H,6-7,9,13-14,16,19-22,24H2,1H3,(H,36,40)/t30-/m1/s1. The van der Waals surface area contributed by atoms with Gasteiger partial charge in [-0.1, -0.05) is 73.0 Å². The van der Waals surface area contributed by atoms with Gasteiger partial charge in [-0.05, 0) is 48.6 Å². The molecule has 2 aliphatic rings. The first-order chi connectivity index (χ1) is 21.7. The van der Waals surface area contributed by atoms with Gasteiger partial charge in [0.2, 0.25) is 21.8 Å². The van der Waals surface area contributed by atoms with Crippen molar-refractivity contribution >= 4 is 39.1 Å². The molecule has 0 bridgehead atoms. The van der Waals surface area contributed by atoms with E-state index in [0.29, 0.717) is 41.8 Å². The van der Waals surface area contributed by atoms with Crippen molar-refractivity contribution in [2.45, 2.75) is 63.6 Å². The molecule has 0 spiro atoms. The number of fused-ring (bicyclic) bond motifs is 1. The third kappa shape index (κ3) is 8.70. The van der Waals surface area contributed by atoms with E-state index in [1.54, 1.807) is 29.2 Å². The van der Waals surface area contributed by atoms with Crippen molar-refractivity contribution < 1.29 is 27.5 Å². The van der Waals surface area contributed by atoms with Crippen LogP contribution in [-0.4, -0.2) is 63.2 Å². The zero-order valence-electron chi connectivity index (χ0n) is 25.5. The van der Waals surface area contributed by atoms with Crippen molar-refractivity contribution in [3.63, 3.8) is 0 Å². The second kappa shape index (κ2) is 15.0. The molecule has 0 radical (unpaired) electrons. The van der Waals surface area contributed by atoms with E-state index in [0.717, 1.165) is 43.1 Å². The Morgan fingerprint density at radius 1 is 0.956 bits per heavy atom. The number of carbonyl (C=O) groups is 2. The summed E-state index contributed by atoms with van der Waals surface area (Å²) in [6.45, 7) is 1.02. The maximum atomic E-state index is 14.1. The average molecular weight is 654 g/mol. The van der Waals surface area contributed by atoms with Gasteiger partial charge >= 0.3 is 0 Å². The molecule has 11 heteroatoms. The zero-order chi connectivity index (χ0) is 31.8. The Hall–Kier alpha value is -3.76. The summed E-state index contributed by atoms with van der Waals surface area (Å²) < 4.78 is 38.2. The Morgan fingerprint density at radius 2 is 1.64 bits per heavy atom. The number of hydrogen-bond donors (Lipinski definition) is 1. The van der Waals surface area contributed by atoms with E-state index in [-0.39, 0.29) is 43.8 Å². The van der Waals surface area contributed by atoms with E-state index < -0.39 is 16.1 Å². The predicted molar refractivity (Wildman–Crippen MR) is 175 cm³/mol. The molecule has 240 valence electrons. The number of nitrogens with zero attached hydrogens (tertiary/aromatic N) is 2. The van der Waals surface area contributed by atoms with E-state index in [1.165, 1.54) is 4.31 Å². The third-order valence-electron chi connectivity index (χ3n) is 8.24. The lowest BCUT2D eigenvalue weighted by atomic mass is 10.0. The number of halogens is 1. The van der Waals surface area contributed by atoms with Crippen molar-refractivity contribution in [3.05, 3.63) is 88.9 Å². The molecule has 45 heavy (non-hydrogen) atoms. The number of ether oxygens (including phenoxy) is 2. The molecule has 1 aliphatic carbocycles. The van der Waals surface area contributed by atoms with E-state index in [1.807, 2.05) is 48.5 Å². The van der Waals surface area contributed by atoms with E-state index >= 15 is 0 Å². The minimum absolute atomic E-state index is 0.0308. The Balaban J connectivity index is 1.38. The second-order valence-electron chi connectivity index (χ2n) is 11.6. The summed E-state index contributed by atoms with van der Waals surface area (Å²) in [7, 11) is -3.67. The quantitative estimate of drug-likeness (QED) is 0.267. The van der Waals surface area contributed by atoms with Crippen LogP contribution in [-0.2, 0) is 32.6 Å². The fourth-order valence-corrected chi connectivity index (χ4v) is 7.08. The molecule has 5 rings (SSSR count). The minimum Gasteiger partial charge on any atom is -0.486 e. The smallest absolute Gasteiger partial charge is 0.243 e. The zero-order valence-corrected chi connectivity index (χ0v) is 27.1. The lowest BCUT2D eigenvalue weighted by molar-refractivity contribution is -0.141. The molecule has 1 aliphatic heterocycles. The summed E-state index contributed by atoms with van der Waals surface area (Å²) in [5.41, 5.74) is 2.09. The normalized spacial score (nSPS) is 15.3. The summed E-state index contributed by atoms with van der Waals surface area (Å²) in [5, 5.41) is 3.71. The topological polar surface area (TPSA) is 105 Å². The van der Waals surface area contributed by atoms with E-state index in [4.69, 9.17) is 21.1 Å². The van der Waals surface area contributed by atoms with E-state index in [9.17, 15) is 18.0 Å². The minimum atomic E-state index is -3.67. The molecular weight excluding hydrogens is 614 g/mol. The Kier molecular flexibility index (Phi) is 10.9. The number of hydrogen-bond acceptors (Lipinski definition) is 6. The first kappa shape index (κ1) is 32.6. The fraction of sp³-hybridized carbons (Fsp3) is 0.412. The van der Waals surface area contributed by atoms with Crippen molar-refractivity contribution in [1.82, 2.24) is 10.2 Å². The van der Waals surface area contributed by atoms with Crippen LogP contribution in [0.1, 0.15) is 49.7 Å². The highest BCUT2D eigenvalue weighted by Crippen LogP contribution is 2.35. The molecule has 1 heterocycles. The fourth-order valence-electron chi connectivity index (χ4n) is 5.92. The van der Waals surface area contributed by atoms with Gasteiger partial charge in [-0.2, -0.15) is 0 Å². The van der Waals surface area contributed by atoms with Crippen LogP contribution in [0.4, 0.5) is 5.69 Å². The molecule has 0 saturated heterocycles. The molecular formula is C34H40ClN3O6S. The van der Waals surface area contributed by atoms with Crippen LogP contribution < -0.4 is 19.1 Å². The van der Waals surface area contributed by atoms with Crippen LogP contribution in [0.15, 0.2) is 72.8 Å². The van der Waals surface area contributed by atoms with Crippen molar-refractivity contribution in [3.8, 4) is 11.5 Å². The third-order valence-corrected chi connectivity index (χ3v) is 9.80. The Morgan fingerprint density at radius 3 is 2.36 bits per heavy atom. The molecule has 1 fully saturated rings. The van der Waals surface area contributed by atoms with Crippen LogP contribution in [0.5, 0.6) is 11.5 Å². The van der Waals surface area contributed by atoms with Gasteiger partial charge in [0.05, 0.1) is 11.9 Å². The largest absolute Gasteiger partial charge is 0.486 e. The van der Waals surface area contributed by atoms with Gasteiger partial charge in [0, 0.05) is 43.1 Å². The Bertz CT molecular complexity index is 1580. The van der Waals surface area contributed by atoms with Gasteiger partial charge in [0.1, 0.15) is 19.3 Å². The lowest BCUT2D eigenvalue weighted by Gasteiger charge is -2.33. The highest BCUT2D eigenvalue weighted by molar-refractivity contribution is 7.92. The summed E-state index contributed by atoms with van der Waals surface area (Å²) in [6, 6.07) is 21.3. The predicted octanol–water partition coefficient (Wildman–Crippen LogP) is 5.36. The number of rotatable bonds is 13. The summed E-state index contributed by atoms with van der Waals surface area (Å²) in [6.07, 6.45) is 5.71. The maximum absolute atomic E-state index is 14.1. The molecule has 9 nitrogen and oxygen atoms in total. The van der Waals surface area contributed by atoms with Crippen molar-refractivity contribution in [1.29, 1.82) is 0 Å². The molecule has 3 aromatic rings. The van der Waals surface area contributed by atoms with Crippen LogP contribution in [0.3, 0.4) is 0 Å². The number of carbonyl (C=O) groups excluding carboxylic acids is 2. The number of amides is 2. The van der Waals surface area contributed by atoms with Gasteiger partial charge in [0.15, 0.2) is 11.5 Å². The van der Waals surface area contributed by atoms with Crippen LogP contribution >= 0.6 is 11.6 Å². The first-order valence-corrected chi connectivity index (χ1v) is 17.7. The molecule has 0 aromatic heterocycles. The molecule has 2 amide bonds. The van der Waals surface area contributed by atoms with Crippen LogP contribution in [0.2, 0.25) is 5.02 Å².